The zero-order chi connectivity index (χ0) is 18.1. The predicted octanol–water partition coefficient (Wildman–Crippen LogP) is 0.773. The van der Waals surface area contributed by atoms with Gasteiger partial charge in [-0.15, -0.1) is 0 Å². The highest BCUT2D eigenvalue weighted by molar-refractivity contribution is 8.14. The summed E-state index contributed by atoms with van der Waals surface area (Å²) in [5.74, 6) is 0. The van der Waals surface area contributed by atoms with E-state index in [0.717, 1.165) is 11.8 Å². The minimum Gasteiger partial charge on any atom is -0.388 e. The maximum absolute atomic E-state index is 13.2. The van der Waals surface area contributed by atoms with Gasteiger partial charge in [0.1, 0.15) is 29.8 Å². The summed E-state index contributed by atoms with van der Waals surface area (Å²) in [5, 5.41) is 20.7. The third kappa shape index (κ3) is 4.13. The van der Waals surface area contributed by atoms with Crippen LogP contribution in [-0.2, 0) is 9.47 Å². The van der Waals surface area contributed by atoms with Crippen LogP contribution < -0.4 is 0 Å². The van der Waals surface area contributed by atoms with Crippen LogP contribution in [0.15, 0.2) is 4.99 Å². The van der Waals surface area contributed by atoms with E-state index in [1.807, 2.05) is 0 Å². The van der Waals surface area contributed by atoms with Crippen molar-refractivity contribution in [3.8, 4) is 0 Å². The average molecular weight is 376 g/mol. The minimum absolute atomic E-state index is 0.202. The van der Waals surface area contributed by atoms with Crippen molar-refractivity contribution in [2.45, 2.75) is 48.5 Å². The molecule has 1 saturated heterocycles. The summed E-state index contributed by atoms with van der Waals surface area (Å²) in [5.41, 5.74) is -0.861. The first kappa shape index (κ1) is 19.7. The van der Waals surface area contributed by atoms with Gasteiger partial charge in [-0.05, 0) is 6.42 Å². The second-order valence-electron chi connectivity index (χ2n) is 5.74. The standard InChI is InChI=1S/C13H20F4N2O4S/c1-19(2)12-18-6-7(20)8(21)9(23-11(6)24-12)10(13(15,16)17)22-5-3-4-14/h6-11,20-21H,3-5H2,1-2H3/t6-,7-,8+,9+,10?,11-/m1/s1. The predicted molar refractivity (Wildman–Crippen MR) is 79.6 cm³/mol. The number of hydrogen-bond donors (Lipinski definition) is 2. The smallest absolute Gasteiger partial charge is 0.388 e. The Hall–Kier alpha value is -0.620. The summed E-state index contributed by atoms with van der Waals surface area (Å²) >= 11 is 1.07. The number of aliphatic imine (C=N–C) groups is 1. The van der Waals surface area contributed by atoms with Gasteiger partial charge < -0.3 is 24.6 Å². The monoisotopic (exact) mass is 376 g/mol. The third-order valence-corrected chi connectivity index (χ3v) is 4.97. The molecule has 6 nitrogen and oxygen atoms in total. The quantitative estimate of drug-likeness (QED) is 0.546. The molecule has 2 N–H and O–H groups in total. The Morgan fingerprint density at radius 3 is 2.54 bits per heavy atom. The van der Waals surface area contributed by atoms with Crippen LogP contribution in [0.25, 0.3) is 0 Å². The first-order chi connectivity index (χ1) is 11.2. The number of thioether (sulfide) groups is 1. The largest absolute Gasteiger partial charge is 0.417 e. The lowest BCUT2D eigenvalue weighted by molar-refractivity contribution is -0.284. The maximum Gasteiger partial charge on any atom is 0.417 e. The average Bonchev–Trinajstić information content (AvgIpc) is 2.91. The zero-order valence-electron chi connectivity index (χ0n) is 13.1. The van der Waals surface area contributed by atoms with Gasteiger partial charge in [0.25, 0.3) is 0 Å². The normalized spacial score (nSPS) is 34.7. The van der Waals surface area contributed by atoms with E-state index in [-0.39, 0.29) is 6.42 Å². The molecule has 0 bridgehead atoms. The summed E-state index contributed by atoms with van der Waals surface area (Å²) in [6.45, 7) is -1.29. The number of aliphatic hydroxyl groups is 2. The highest BCUT2D eigenvalue weighted by Crippen LogP contribution is 2.40. The fourth-order valence-corrected chi connectivity index (χ4v) is 3.63. The summed E-state index contributed by atoms with van der Waals surface area (Å²) < 4.78 is 61.9. The molecule has 0 amide bonds. The molecule has 0 spiro atoms. The van der Waals surface area contributed by atoms with Crippen LogP contribution in [0.3, 0.4) is 0 Å². The van der Waals surface area contributed by atoms with Gasteiger partial charge in [0.05, 0.1) is 13.3 Å². The third-order valence-electron chi connectivity index (χ3n) is 3.67. The van der Waals surface area contributed by atoms with Gasteiger partial charge in [0, 0.05) is 14.1 Å². The molecule has 2 rings (SSSR count). The van der Waals surface area contributed by atoms with E-state index in [1.165, 1.54) is 0 Å². The molecule has 0 aromatic heterocycles. The van der Waals surface area contributed by atoms with Gasteiger partial charge in [-0.3, -0.25) is 9.38 Å². The summed E-state index contributed by atoms with van der Waals surface area (Å²) in [6.07, 6.45) is -12.7. The fourth-order valence-electron chi connectivity index (χ4n) is 2.48. The fraction of sp³-hybridized carbons (Fsp3) is 0.923. The topological polar surface area (TPSA) is 74.5 Å². The van der Waals surface area contributed by atoms with Gasteiger partial charge >= 0.3 is 6.18 Å². The Morgan fingerprint density at radius 2 is 2.00 bits per heavy atom. The van der Waals surface area contributed by atoms with Crippen LogP contribution in [-0.4, -0.2) is 89.7 Å². The summed E-state index contributed by atoms with van der Waals surface area (Å²) in [4.78, 5) is 5.81. The maximum atomic E-state index is 13.2. The van der Waals surface area contributed by atoms with Crippen LogP contribution in [0.1, 0.15) is 6.42 Å². The first-order valence-corrected chi connectivity index (χ1v) is 8.22. The van der Waals surface area contributed by atoms with E-state index < -0.39 is 55.4 Å². The SMILES string of the molecule is CN(C)C1=N[C@@H]2[C@@H](O)[C@H](O)[C@@H](C(OCCCF)C(F)(F)F)O[C@@H]2S1. The number of alkyl halides is 4. The van der Waals surface area contributed by atoms with Crippen LogP contribution in [0, 0.1) is 0 Å². The summed E-state index contributed by atoms with van der Waals surface area (Å²) in [6, 6.07) is -0.863. The number of amidine groups is 1. The van der Waals surface area contributed by atoms with Gasteiger partial charge in [-0.1, -0.05) is 11.8 Å². The molecule has 2 aliphatic heterocycles. The lowest BCUT2D eigenvalue weighted by Gasteiger charge is -2.41. The second-order valence-corrected chi connectivity index (χ2v) is 6.81. The number of nitrogens with zero attached hydrogens (tertiary/aromatic N) is 2. The van der Waals surface area contributed by atoms with Crippen molar-refractivity contribution in [2.24, 2.45) is 4.99 Å². The molecule has 1 fully saturated rings. The number of hydrogen-bond acceptors (Lipinski definition) is 7. The molecule has 0 aromatic rings. The molecule has 0 saturated carbocycles. The molecular weight excluding hydrogens is 356 g/mol. The number of halogens is 4. The van der Waals surface area contributed by atoms with E-state index in [4.69, 9.17) is 9.47 Å². The number of fused-ring (bicyclic) bond motifs is 1. The van der Waals surface area contributed by atoms with Gasteiger partial charge in [-0.25, -0.2) is 0 Å². The Kier molecular flexibility index (Phi) is 6.35. The van der Waals surface area contributed by atoms with Gasteiger partial charge in [0.2, 0.25) is 0 Å². The Labute approximate surface area is 140 Å². The molecule has 140 valence electrons. The summed E-state index contributed by atoms with van der Waals surface area (Å²) in [7, 11) is 3.39. The second kappa shape index (κ2) is 7.73. The van der Waals surface area contributed by atoms with Crippen molar-refractivity contribution in [3.05, 3.63) is 0 Å². The molecule has 11 heteroatoms. The zero-order valence-corrected chi connectivity index (χ0v) is 13.9. The van der Waals surface area contributed by atoms with E-state index in [9.17, 15) is 27.8 Å². The van der Waals surface area contributed by atoms with Crippen molar-refractivity contribution in [2.75, 3.05) is 27.4 Å². The Bertz CT molecular complexity index is 466. The lowest BCUT2D eigenvalue weighted by Crippen LogP contribution is -2.61. The molecular formula is C13H20F4N2O4S. The van der Waals surface area contributed by atoms with Crippen molar-refractivity contribution in [1.82, 2.24) is 4.90 Å². The number of rotatable bonds is 5. The number of aliphatic hydroxyl groups excluding tert-OH is 2. The van der Waals surface area contributed by atoms with Gasteiger partial charge in [-0.2, -0.15) is 13.2 Å². The van der Waals surface area contributed by atoms with E-state index in [1.54, 1.807) is 19.0 Å². The van der Waals surface area contributed by atoms with E-state index in [0.29, 0.717) is 5.17 Å². The molecule has 0 aliphatic carbocycles. The molecule has 0 radical (unpaired) electrons. The molecule has 1 unspecified atom stereocenters. The van der Waals surface area contributed by atoms with Crippen LogP contribution in [0.4, 0.5) is 17.6 Å². The molecule has 6 atom stereocenters. The van der Waals surface area contributed by atoms with Crippen molar-refractivity contribution >= 4 is 16.9 Å². The van der Waals surface area contributed by atoms with Gasteiger partial charge in [0.15, 0.2) is 11.3 Å². The molecule has 2 heterocycles. The van der Waals surface area contributed by atoms with E-state index in [2.05, 4.69) is 4.99 Å². The Balaban J connectivity index is 2.15. The molecule has 0 aromatic carbocycles. The lowest BCUT2D eigenvalue weighted by atomic mass is 9.94. The van der Waals surface area contributed by atoms with Crippen molar-refractivity contribution < 1.29 is 37.2 Å². The van der Waals surface area contributed by atoms with Crippen molar-refractivity contribution in [1.29, 1.82) is 0 Å². The highest BCUT2D eigenvalue weighted by atomic mass is 32.2. The van der Waals surface area contributed by atoms with Crippen LogP contribution in [0.5, 0.6) is 0 Å². The van der Waals surface area contributed by atoms with Crippen molar-refractivity contribution in [3.63, 3.8) is 0 Å². The van der Waals surface area contributed by atoms with Crippen LogP contribution in [0.2, 0.25) is 0 Å². The first-order valence-electron chi connectivity index (χ1n) is 7.34. The van der Waals surface area contributed by atoms with E-state index >= 15 is 0 Å². The number of ether oxygens (including phenoxy) is 2. The minimum atomic E-state index is -4.83. The Morgan fingerprint density at radius 1 is 1.33 bits per heavy atom. The van der Waals surface area contributed by atoms with Crippen LogP contribution >= 0.6 is 11.8 Å². The molecule has 24 heavy (non-hydrogen) atoms. The molecule has 2 aliphatic rings. The highest BCUT2D eigenvalue weighted by Gasteiger charge is 2.57.